The fraction of sp³-hybridized carbons (Fsp3) is 0.643. The Morgan fingerprint density at radius 1 is 1.28 bits per heavy atom. The number of ether oxygens (including phenoxy) is 1. The molecule has 0 bridgehead atoms. The van der Waals surface area contributed by atoms with E-state index in [1.54, 1.807) is 12.4 Å². The smallest absolute Gasteiger partial charge is 0.138 e. The van der Waals surface area contributed by atoms with Gasteiger partial charge in [-0.25, -0.2) is 0 Å². The molecular weight excluding hydrogens is 228 g/mol. The maximum absolute atomic E-state index is 10.4. The molecule has 1 heterocycles. The molecule has 0 fully saturated rings. The van der Waals surface area contributed by atoms with Crippen LogP contribution in [0.5, 0.6) is 5.75 Å². The monoisotopic (exact) mass is 252 g/mol. The predicted molar refractivity (Wildman–Crippen MR) is 72.7 cm³/mol. The third kappa shape index (κ3) is 3.43. The fourth-order valence-corrected chi connectivity index (χ4v) is 1.57. The Hall–Kier alpha value is -1.13. The summed E-state index contributed by atoms with van der Waals surface area (Å²) >= 11 is 0. The number of likely N-dealkylation sites (N-methyl/N-ethyl adjacent to an activating group) is 1. The summed E-state index contributed by atoms with van der Waals surface area (Å²) in [5.74, 6) is 0.691. The van der Waals surface area contributed by atoms with Crippen molar-refractivity contribution >= 4 is 0 Å². The zero-order chi connectivity index (χ0) is 13.9. The summed E-state index contributed by atoms with van der Waals surface area (Å²) in [4.78, 5) is 6.12. The Morgan fingerprint density at radius 3 is 2.39 bits per heavy atom. The Balaban J connectivity index is 2.96. The highest BCUT2D eigenvalue weighted by molar-refractivity contribution is 5.27. The van der Waals surface area contributed by atoms with Crippen molar-refractivity contribution in [3.8, 4) is 5.75 Å². The minimum absolute atomic E-state index is 0.0982. The van der Waals surface area contributed by atoms with Crippen LogP contribution in [0.3, 0.4) is 0 Å². The molecule has 0 aliphatic carbocycles. The number of rotatable bonds is 5. The SMILES string of the molecule is CC(C)Oc1cncc(C(O)C(C)(C)N(C)C)c1. The lowest BCUT2D eigenvalue weighted by Crippen LogP contribution is -2.43. The molecule has 0 spiro atoms. The van der Waals surface area contributed by atoms with Crippen molar-refractivity contribution in [1.29, 1.82) is 0 Å². The van der Waals surface area contributed by atoms with Gasteiger partial charge in [-0.15, -0.1) is 0 Å². The molecule has 0 amide bonds. The maximum atomic E-state index is 10.4. The van der Waals surface area contributed by atoms with Gasteiger partial charge in [-0.1, -0.05) is 0 Å². The van der Waals surface area contributed by atoms with Gasteiger partial charge in [0.2, 0.25) is 0 Å². The number of aliphatic hydroxyl groups is 1. The predicted octanol–water partition coefficient (Wildman–Crippen LogP) is 2.24. The summed E-state index contributed by atoms with van der Waals surface area (Å²) in [5, 5.41) is 10.4. The molecule has 18 heavy (non-hydrogen) atoms. The summed E-state index contributed by atoms with van der Waals surface area (Å²) in [6.07, 6.45) is 2.83. The summed E-state index contributed by atoms with van der Waals surface area (Å²) in [6.45, 7) is 7.92. The van der Waals surface area contributed by atoms with Crippen LogP contribution in [0.25, 0.3) is 0 Å². The second-order valence-electron chi connectivity index (χ2n) is 5.57. The van der Waals surface area contributed by atoms with E-state index >= 15 is 0 Å². The van der Waals surface area contributed by atoms with E-state index in [9.17, 15) is 5.11 Å². The molecule has 0 aliphatic heterocycles. The van der Waals surface area contributed by atoms with Crippen molar-refractivity contribution in [1.82, 2.24) is 9.88 Å². The van der Waals surface area contributed by atoms with E-state index in [0.717, 1.165) is 5.56 Å². The lowest BCUT2D eigenvalue weighted by atomic mass is 9.91. The van der Waals surface area contributed by atoms with E-state index in [-0.39, 0.29) is 11.6 Å². The first kappa shape index (κ1) is 14.9. The Bertz CT molecular complexity index is 389. The third-order valence-corrected chi connectivity index (χ3v) is 3.24. The second kappa shape index (κ2) is 5.67. The number of pyridine rings is 1. The van der Waals surface area contributed by atoms with Crippen molar-refractivity contribution < 1.29 is 9.84 Å². The van der Waals surface area contributed by atoms with E-state index < -0.39 is 6.10 Å². The van der Waals surface area contributed by atoms with Crippen molar-refractivity contribution in [2.45, 2.75) is 45.4 Å². The van der Waals surface area contributed by atoms with Crippen molar-refractivity contribution in [2.75, 3.05) is 14.1 Å². The molecule has 0 aromatic carbocycles. The van der Waals surface area contributed by atoms with Crippen molar-refractivity contribution in [3.05, 3.63) is 24.0 Å². The number of hydrogen-bond donors (Lipinski definition) is 1. The first-order valence-electron chi connectivity index (χ1n) is 6.22. The zero-order valence-corrected chi connectivity index (χ0v) is 12.1. The van der Waals surface area contributed by atoms with Gasteiger partial charge in [0.15, 0.2) is 0 Å². The number of aliphatic hydroxyl groups excluding tert-OH is 1. The van der Waals surface area contributed by atoms with Gasteiger partial charge in [-0.2, -0.15) is 0 Å². The first-order valence-corrected chi connectivity index (χ1v) is 6.22. The lowest BCUT2D eigenvalue weighted by Gasteiger charge is -2.37. The number of nitrogens with zero attached hydrogens (tertiary/aromatic N) is 2. The van der Waals surface area contributed by atoms with Gasteiger partial charge >= 0.3 is 0 Å². The molecule has 0 aliphatic rings. The van der Waals surface area contributed by atoms with Crippen molar-refractivity contribution in [2.24, 2.45) is 0 Å². The summed E-state index contributed by atoms with van der Waals surface area (Å²) in [7, 11) is 3.90. The Kier molecular flexibility index (Phi) is 4.71. The molecule has 0 radical (unpaired) electrons. The van der Waals surface area contributed by atoms with Gasteiger partial charge in [0.05, 0.1) is 18.4 Å². The highest BCUT2D eigenvalue weighted by Crippen LogP contribution is 2.30. The van der Waals surface area contributed by atoms with E-state index in [4.69, 9.17) is 4.74 Å². The molecule has 0 saturated heterocycles. The van der Waals surface area contributed by atoms with Crippen LogP contribution in [0.1, 0.15) is 39.4 Å². The average molecular weight is 252 g/mol. The van der Waals surface area contributed by atoms with Crippen LogP contribution in [0.15, 0.2) is 18.5 Å². The molecule has 1 N–H and O–H groups in total. The van der Waals surface area contributed by atoms with Gasteiger partial charge in [-0.05, 0) is 47.9 Å². The number of hydrogen-bond acceptors (Lipinski definition) is 4. The summed E-state index contributed by atoms with van der Waals surface area (Å²) < 4.78 is 5.59. The molecule has 4 nitrogen and oxygen atoms in total. The molecule has 1 aromatic rings. The molecule has 1 unspecified atom stereocenters. The van der Waals surface area contributed by atoms with Crippen LogP contribution in [0.4, 0.5) is 0 Å². The molecule has 1 rings (SSSR count). The molecule has 1 aromatic heterocycles. The van der Waals surface area contributed by atoms with Crippen LogP contribution in [0, 0.1) is 0 Å². The van der Waals surface area contributed by atoms with Crippen LogP contribution in [-0.4, -0.2) is 40.7 Å². The van der Waals surface area contributed by atoms with Crippen LogP contribution < -0.4 is 4.74 Å². The van der Waals surface area contributed by atoms with E-state index in [2.05, 4.69) is 4.98 Å². The lowest BCUT2D eigenvalue weighted by molar-refractivity contribution is 0.0160. The quantitative estimate of drug-likeness (QED) is 0.873. The summed E-state index contributed by atoms with van der Waals surface area (Å²) in [6, 6.07) is 1.85. The highest BCUT2D eigenvalue weighted by atomic mass is 16.5. The zero-order valence-electron chi connectivity index (χ0n) is 12.1. The standard InChI is InChI=1S/C14H24N2O2/c1-10(2)18-12-7-11(8-15-9-12)13(17)14(3,4)16(5)6/h7-10,13,17H,1-6H3. The largest absolute Gasteiger partial charge is 0.489 e. The van der Waals surface area contributed by atoms with Gasteiger partial charge in [0.1, 0.15) is 5.75 Å². The van der Waals surface area contributed by atoms with Crippen molar-refractivity contribution in [3.63, 3.8) is 0 Å². The van der Waals surface area contributed by atoms with Gasteiger partial charge in [0.25, 0.3) is 0 Å². The highest BCUT2D eigenvalue weighted by Gasteiger charge is 2.31. The minimum atomic E-state index is -0.615. The fourth-order valence-electron chi connectivity index (χ4n) is 1.57. The molecule has 102 valence electrons. The number of aromatic nitrogens is 1. The second-order valence-corrected chi connectivity index (χ2v) is 5.57. The third-order valence-electron chi connectivity index (χ3n) is 3.24. The maximum Gasteiger partial charge on any atom is 0.138 e. The van der Waals surface area contributed by atoms with Crippen LogP contribution in [-0.2, 0) is 0 Å². The minimum Gasteiger partial charge on any atom is -0.489 e. The normalized spacial score (nSPS) is 14.1. The average Bonchev–Trinajstić information content (AvgIpc) is 2.27. The first-order chi connectivity index (χ1) is 8.25. The molecule has 4 heteroatoms. The van der Waals surface area contributed by atoms with E-state index in [0.29, 0.717) is 5.75 Å². The topological polar surface area (TPSA) is 45.6 Å². The Morgan fingerprint density at radius 2 is 1.89 bits per heavy atom. The molecule has 1 atom stereocenters. The van der Waals surface area contributed by atoms with Gasteiger partial charge in [0, 0.05) is 17.3 Å². The Labute approximate surface area is 110 Å². The van der Waals surface area contributed by atoms with Gasteiger partial charge in [-0.3, -0.25) is 4.98 Å². The van der Waals surface area contributed by atoms with Crippen LogP contribution in [0.2, 0.25) is 0 Å². The van der Waals surface area contributed by atoms with Crippen LogP contribution >= 0.6 is 0 Å². The van der Waals surface area contributed by atoms with Gasteiger partial charge < -0.3 is 14.7 Å². The van der Waals surface area contributed by atoms with E-state index in [1.165, 1.54) is 0 Å². The van der Waals surface area contributed by atoms with E-state index in [1.807, 2.05) is 52.8 Å². The molecule has 0 saturated carbocycles. The molecular formula is C14H24N2O2. The summed E-state index contributed by atoms with van der Waals surface area (Å²) in [5.41, 5.74) is 0.407.